The molecule has 1 amide bonds. The maximum Gasteiger partial charge on any atom is 0.235 e. The van der Waals surface area contributed by atoms with Crippen molar-refractivity contribution in [2.75, 3.05) is 25.3 Å². The van der Waals surface area contributed by atoms with Gasteiger partial charge in [0, 0.05) is 12.6 Å². The van der Waals surface area contributed by atoms with Crippen LogP contribution in [0.1, 0.15) is 16.4 Å². The molecule has 7 nitrogen and oxygen atoms in total. The first-order valence-corrected chi connectivity index (χ1v) is 7.98. The van der Waals surface area contributed by atoms with Gasteiger partial charge in [-0.2, -0.15) is 5.10 Å². The number of hydrogen-bond donors (Lipinski definition) is 2. The highest BCUT2D eigenvalue weighted by atomic mass is 32.2. The molecule has 23 heavy (non-hydrogen) atoms. The molecular weight excluding hydrogens is 318 g/mol. The number of anilines is 1. The van der Waals surface area contributed by atoms with Crippen LogP contribution in [0.4, 0.5) is 5.82 Å². The summed E-state index contributed by atoms with van der Waals surface area (Å²) in [7, 11) is 4.75. The lowest BCUT2D eigenvalue weighted by Crippen LogP contribution is -2.15. The largest absolute Gasteiger partial charge is 0.502 e. The molecule has 2 aromatic rings. The molecule has 1 aromatic heterocycles. The molecular formula is C15H17N3O4S. The first-order chi connectivity index (χ1) is 11.0. The maximum atomic E-state index is 11.9. The Labute approximate surface area is 137 Å². The molecule has 0 spiro atoms. The van der Waals surface area contributed by atoms with Gasteiger partial charge < -0.3 is 19.9 Å². The van der Waals surface area contributed by atoms with Gasteiger partial charge in [-0.1, -0.05) is 0 Å². The molecule has 0 radical (unpaired) electrons. The van der Waals surface area contributed by atoms with Crippen molar-refractivity contribution in [3.8, 4) is 17.2 Å². The number of nitrogens with one attached hydrogen (secondary N) is 1. The summed E-state index contributed by atoms with van der Waals surface area (Å²) in [6, 6.07) is 3.50. The van der Waals surface area contributed by atoms with E-state index in [1.54, 1.807) is 30.1 Å². The number of phenolic OH excluding ortho intramolecular Hbond substituents is 1. The molecule has 0 saturated carbocycles. The Balaban J connectivity index is 2.12. The number of aromatic nitrogens is 2. The topological polar surface area (TPSA) is 85.6 Å². The lowest BCUT2D eigenvalue weighted by atomic mass is 10.0. The zero-order chi connectivity index (χ0) is 16.6. The molecule has 0 aliphatic carbocycles. The van der Waals surface area contributed by atoms with Crippen molar-refractivity contribution in [3.63, 3.8) is 0 Å². The van der Waals surface area contributed by atoms with Crippen LogP contribution < -0.4 is 14.8 Å². The molecule has 1 atom stereocenters. The van der Waals surface area contributed by atoms with Crippen molar-refractivity contribution in [2.45, 2.75) is 5.25 Å². The molecule has 1 aromatic carbocycles. The second kappa shape index (κ2) is 6.04. The van der Waals surface area contributed by atoms with Crippen molar-refractivity contribution in [1.29, 1.82) is 0 Å². The third kappa shape index (κ3) is 2.70. The molecule has 0 fully saturated rings. The highest BCUT2D eigenvalue weighted by Gasteiger charge is 2.28. The molecule has 1 aliphatic heterocycles. The van der Waals surface area contributed by atoms with E-state index in [-0.39, 0.29) is 16.9 Å². The van der Waals surface area contributed by atoms with E-state index in [1.165, 1.54) is 26.0 Å². The van der Waals surface area contributed by atoms with Gasteiger partial charge >= 0.3 is 0 Å². The molecule has 2 heterocycles. The van der Waals surface area contributed by atoms with E-state index in [2.05, 4.69) is 10.4 Å². The van der Waals surface area contributed by atoms with Gasteiger partial charge in [-0.05, 0) is 17.7 Å². The van der Waals surface area contributed by atoms with Gasteiger partial charge in [-0.25, -0.2) is 0 Å². The Morgan fingerprint density at radius 2 is 2.00 bits per heavy atom. The minimum Gasteiger partial charge on any atom is -0.502 e. The number of carbonyl (C=O) groups is 1. The third-order valence-electron chi connectivity index (χ3n) is 3.69. The van der Waals surface area contributed by atoms with E-state index < -0.39 is 0 Å². The molecule has 0 bridgehead atoms. The molecule has 0 saturated heterocycles. The quantitative estimate of drug-likeness (QED) is 0.891. The standard InChI is InChI=1S/C15H17N3O4S/c1-18-15-9(6-16-18)14(23-7-12(19)17-15)8-4-10(21-2)13(20)11(5-8)22-3/h4-6,14,20H,7H2,1-3H3,(H,17,19). The zero-order valence-electron chi connectivity index (χ0n) is 13.0. The average molecular weight is 335 g/mol. The molecule has 122 valence electrons. The Bertz CT molecular complexity index is 734. The summed E-state index contributed by atoms with van der Waals surface area (Å²) in [4.78, 5) is 11.9. The fourth-order valence-corrected chi connectivity index (χ4v) is 3.63. The van der Waals surface area contributed by atoms with Crippen LogP contribution >= 0.6 is 11.8 Å². The highest BCUT2D eigenvalue weighted by Crippen LogP contribution is 2.46. The molecule has 3 rings (SSSR count). The van der Waals surface area contributed by atoms with Crippen LogP contribution in [0.25, 0.3) is 0 Å². The Hall–Kier alpha value is -2.35. The second-order valence-corrected chi connectivity index (χ2v) is 6.18. The molecule has 1 unspecified atom stereocenters. The van der Waals surface area contributed by atoms with Gasteiger partial charge in [-0.3, -0.25) is 9.48 Å². The highest BCUT2D eigenvalue weighted by molar-refractivity contribution is 8.00. The van der Waals surface area contributed by atoms with Gasteiger partial charge in [0.15, 0.2) is 11.5 Å². The summed E-state index contributed by atoms with van der Waals surface area (Å²) < 4.78 is 12.1. The number of aryl methyl sites for hydroxylation is 1. The number of aromatic hydroxyl groups is 1. The third-order valence-corrected chi connectivity index (χ3v) is 4.98. The van der Waals surface area contributed by atoms with Crippen LogP contribution in [0.5, 0.6) is 17.2 Å². The van der Waals surface area contributed by atoms with E-state index in [4.69, 9.17) is 9.47 Å². The zero-order valence-corrected chi connectivity index (χ0v) is 13.8. The first kappa shape index (κ1) is 15.5. The predicted octanol–water partition coefficient (Wildman–Crippen LogP) is 1.92. The van der Waals surface area contributed by atoms with Gasteiger partial charge in [-0.15, -0.1) is 11.8 Å². The number of amides is 1. The normalized spacial score (nSPS) is 17.2. The first-order valence-electron chi connectivity index (χ1n) is 6.93. The van der Waals surface area contributed by atoms with Crippen LogP contribution in [0.15, 0.2) is 18.3 Å². The van der Waals surface area contributed by atoms with Crippen molar-refractivity contribution in [3.05, 3.63) is 29.5 Å². The van der Waals surface area contributed by atoms with E-state index in [1.807, 2.05) is 0 Å². The van der Waals surface area contributed by atoms with Gasteiger partial charge in [0.2, 0.25) is 11.7 Å². The number of ether oxygens (including phenoxy) is 2. The summed E-state index contributed by atoms with van der Waals surface area (Å²) in [6.07, 6.45) is 1.74. The summed E-state index contributed by atoms with van der Waals surface area (Å²) in [5.41, 5.74) is 1.77. The minimum atomic E-state index is -0.124. The summed E-state index contributed by atoms with van der Waals surface area (Å²) >= 11 is 1.49. The summed E-state index contributed by atoms with van der Waals surface area (Å²) in [5.74, 6) is 1.54. The molecule has 1 aliphatic rings. The number of hydrogen-bond acceptors (Lipinski definition) is 6. The van der Waals surface area contributed by atoms with Crippen LogP contribution in [-0.2, 0) is 11.8 Å². The Morgan fingerprint density at radius 3 is 2.61 bits per heavy atom. The minimum absolute atomic E-state index is 0.0435. The number of fused-ring (bicyclic) bond motifs is 1. The van der Waals surface area contributed by atoms with Gasteiger partial charge in [0.1, 0.15) is 5.82 Å². The number of thioether (sulfide) groups is 1. The molecule has 8 heteroatoms. The van der Waals surface area contributed by atoms with Crippen LogP contribution in [-0.4, -0.2) is 40.8 Å². The van der Waals surface area contributed by atoms with E-state index in [0.29, 0.717) is 23.1 Å². The van der Waals surface area contributed by atoms with Crippen LogP contribution in [0.3, 0.4) is 0 Å². The summed E-state index contributed by atoms with van der Waals surface area (Å²) in [5, 5.41) is 17.0. The van der Waals surface area contributed by atoms with Crippen LogP contribution in [0, 0.1) is 0 Å². The fraction of sp³-hybridized carbons (Fsp3) is 0.333. The number of carbonyl (C=O) groups excluding carboxylic acids is 1. The summed E-state index contributed by atoms with van der Waals surface area (Å²) in [6.45, 7) is 0. The van der Waals surface area contributed by atoms with E-state index in [9.17, 15) is 9.90 Å². The lowest BCUT2D eigenvalue weighted by molar-refractivity contribution is -0.113. The number of phenols is 1. The van der Waals surface area contributed by atoms with Crippen molar-refractivity contribution in [1.82, 2.24) is 9.78 Å². The maximum absolute atomic E-state index is 11.9. The Morgan fingerprint density at radius 1 is 1.35 bits per heavy atom. The molecule has 2 N–H and O–H groups in total. The van der Waals surface area contributed by atoms with Crippen molar-refractivity contribution in [2.24, 2.45) is 7.05 Å². The predicted molar refractivity (Wildman–Crippen MR) is 87.3 cm³/mol. The number of benzene rings is 1. The lowest BCUT2D eigenvalue weighted by Gasteiger charge is -2.17. The number of methoxy groups -OCH3 is 2. The number of nitrogens with zero attached hydrogens (tertiary/aromatic N) is 2. The van der Waals surface area contributed by atoms with Crippen molar-refractivity contribution >= 4 is 23.5 Å². The van der Waals surface area contributed by atoms with Gasteiger partial charge in [0.25, 0.3) is 0 Å². The number of rotatable bonds is 3. The SMILES string of the molecule is COc1cc(C2SCC(=O)Nc3c2cnn3C)cc(OC)c1O. The second-order valence-electron chi connectivity index (χ2n) is 5.09. The van der Waals surface area contributed by atoms with E-state index in [0.717, 1.165) is 11.1 Å². The monoisotopic (exact) mass is 335 g/mol. The van der Waals surface area contributed by atoms with Crippen LogP contribution in [0.2, 0.25) is 0 Å². The average Bonchev–Trinajstić information content (AvgIpc) is 2.80. The fourth-order valence-electron chi connectivity index (χ4n) is 2.56. The Kier molecular flexibility index (Phi) is 4.08. The van der Waals surface area contributed by atoms with E-state index >= 15 is 0 Å². The van der Waals surface area contributed by atoms with Crippen molar-refractivity contribution < 1.29 is 19.4 Å². The van der Waals surface area contributed by atoms with Gasteiger partial charge in [0.05, 0.1) is 31.4 Å². The smallest absolute Gasteiger partial charge is 0.235 e.